The fourth-order valence-corrected chi connectivity index (χ4v) is 3.50. The molecule has 0 saturated carbocycles. The molecule has 2 aromatic heterocycles. The van der Waals surface area contributed by atoms with Crippen molar-refractivity contribution in [1.82, 2.24) is 20.1 Å². The Hall–Kier alpha value is -2.80. The van der Waals surface area contributed by atoms with Crippen molar-refractivity contribution in [3.8, 4) is 21.8 Å². The number of hydrogen-bond acceptors (Lipinski definition) is 5. The number of rotatable bonds is 5. The molecule has 26 heavy (non-hydrogen) atoms. The highest BCUT2D eigenvalue weighted by Crippen LogP contribution is 2.35. The normalized spacial score (nSPS) is 10.9. The van der Waals surface area contributed by atoms with Gasteiger partial charge >= 0.3 is 0 Å². The van der Waals surface area contributed by atoms with Crippen LogP contribution in [0.15, 0.2) is 47.3 Å². The number of carbonyl (C=O) groups excluding carboxylic acids is 1. The van der Waals surface area contributed by atoms with Crippen LogP contribution in [0, 0.1) is 0 Å². The summed E-state index contributed by atoms with van der Waals surface area (Å²) >= 11 is 1.28. The highest BCUT2D eigenvalue weighted by atomic mass is 32.1. The number of hydrogen-bond donors (Lipinski definition) is 1. The van der Waals surface area contributed by atoms with Gasteiger partial charge in [0.2, 0.25) is 0 Å². The van der Waals surface area contributed by atoms with Gasteiger partial charge in [-0.2, -0.15) is 5.10 Å². The van der Waals surface area contributed by atoms with Crippen molar-refractivity contribution in [2.75, 3.05) is 6.54 Å². The molecular weight excluding hydrogens is 348 g/mol. The Balaban J connectivity index is 2.18. The fourth-order valence-electron chi connectivity index (χ4n) is 2.54. The summed E-state index contributed by atoms with van der Waals surface area (Å²) in [4.78, 5) is 29.6. The van der Waals surface area contributed by atoms with E-state index in [2.05, 4.69) is 15.4 Å². The summed E-state index contributed by atoms with van der Waals surface area (Å²) in [6.45, 7) is 6.21. The van der Waals surface area contributed by atoms with Crippen molar-refractivity contribution >= 4 is 17.2 Å². The lowest BCUT2D eigenvalue weighted by Gasteiger charge is -2.09. The molecule has 0 unspecified atom stereocenters. The molecular formula is C19H20N4O2S. The maximum Gasteiger partial charge on any atom is 0.280 e. The molecule has 0 radical (unpaired) electrons. The van der Waals surface area contributed by atoms with Gasteiger partial charge in [0.1, 0.15) is 5.69 Å². The average molecular weight is 368 g/mol. The quantitative estimate of drug-likeness (QED) is 0.749. The van der Waals surface area contributed by atoms with E-state index >= 15 is 0 Å². The van der Waals surface area contributed by atoms with Crippen molar-refractivity contribution in [3.05, 3.63) is 57.8 Å². The third kappa shape index (κ3) is 3.57. The smallest absolute Gasteiger partial charge is 0.280 e. The zero-order valence-corrected chi connectivity index (χ0v) is 15.7. The summed E-state index contributed by atoms with van der Waals surface area (Å²) in [5, 5.41) is 7.65. The van der Waals surface area contributed by atoms with E-state index in [1.165, 1.54) is 22.1 Å². The van der Waals surface area contributed by atoms with E-state index in [4.69, 9.17) is 0 Å². The van der Waals surface area contributed by atoms with Gasteiger partial charge in [0, 0.05) is 18.2 Å². The molecule has 0 aliphatic heterocycles. The Bertz CT molecular complexity index is 977. The zero-order chi connectivity index (χ0) is 18.7. The first-order valence-corrected chi connectivity index (χ1v) is 9.27. The maximum absolute atomic E-state index is 12.3. The van der Waals surface area contributed by atoms with Crippen molar-refractivity contribution in [1.29, 1.82) is 0 Å². The molecule has 0 aliphatic rings. The molecule has 2 heterocycles. The Morgan fingerprint density at radius 2 is 1.92 bits per heavy atom. The molecule has 0 fully saturated rings. The molecule has 0 spiro atoms. The van der Waals surface area contributed by atoms with Gasteiger partial charge in [-0.25, -0.2) is 9.67 Å². The number of benzene rings is 1. The van der Waals surface area contributed by atoms with Crippen LogP contribution in [0.1, 0.15) is 36.6 Å². The highest BCUT2D eigenvalue weighted by molar-refractivity contribution is 7.17. The number of nitrogens with zero attached hydrogens (tertiary/aromatic N) is 3. The molecule has 1 amide bonds. The van der Waals surface area contributed by atoms with E-state index < -0.39 is 0 Å². The highest BCUT2D eigenvalue weighted by Gasteiger charge is 2.20. The Morgan fingerprint density at radius 1 is 1.19 bits per heavy atom. The van der Waals surface area contributed by atoms with Gasteiger partial charge in [-0.15, -0.1) is 11.3 Å². The molecule has 0 saturated heterocycles. The van der Waals surface area contributed by atoms with Crippen molar-refractivity contribution in [2.24, 2.45) is 0 Å². The molecule has 0 bridgehead atoms. The lowest BCUT2D eigenvalue weighted by atomic mass is 10.1. The lowest BCUT2D eigenvalue weighted by Crippen LogP contribution is -2.23. The molecule has 3 rings (SSSR count). The van der Waals surface area contributed by atoms with E-state index in [0.29, 0.717) is 22.9 Å². The van der Waals surface area contributed by atoms with Gasteiger partial charge in [-0.3, -0.25) is 9.59 Å². The first kappa shape index (κ1) is 18.0. The summed E-state index contributed by atoms with van der Waals surface area (Å²) in [7, 11) is 0. The molecule has 0 aliphatic carbocycles. The first-order valence-electron chi connectivity index (χ1n) is 8.46. The molecule has 1 N–H and O–H groups in total. The monoisotopic (exact) mass is 368 g/mol. The van der Waals surface area contributed by atoms with Gasteiger partial charge < -0.3 is 5.32 Å². The van der Waals surface area contributed by atoms with Crippen LogP contribution in [0.2, 0.25) is 0 Å². The molecule has 1 aromatic carbocycles. The maximum atomic E-state index is 12.3. The van der Waals surface area contributed by atoms with Gasteiger partial charge in [-0.05, 0) is 26.8 Å². The summed E-state index contributed by atoms with van der Waals surface area (Å²) in [5.74, 6) is -0.210. The molecule has 6 nitrogen and oxygen atoms in total. The van der Waals surface area contributed by atoms with Crippen LogP contribution in [-0.2, 0) is 0 Å². The zero-order valence-electron chi connectivity index (χ0n) is 14.9. The number of aromatic nitrogens is 3. The molecule has 134 valence electrons. The van der Waals surface area contributed by atoms with Crippen LogP contribution >= 0.6 is 11.3 Å². The standard InChI is InChI=1S/C19H20N4O2S/c1-4-20-18(25)19-21-16(13-8-6-5-7-9-13)17(26-19)14-10-11-15(24)23(22-14)12(2)3/h5-12H,4H2,1-3H3,(H,20,25). The summed E-state index contributed by atoms with van der Waals surface area (Å²) in [6, 6.07) is 12.8. The molecule has 0 atom stereocenters. The van der Waals surface area contributed by atoms with E-state index in [-0.39, 0.29) is 17.5 Å². The van der Waals surface area contributed by atoms with E-state index in [1.807, 2.05) is 51.1 Å². The number of nitrogens with one attached hydrogen (secondary N) is 1. The molecule has 7 heteroatoms. The number of amides is 1. The second kappa shape index (κ2) is 7.61. The van der Waals surface area contributed by atoms with Crippen LogP contribution < -0.4 is 10.9 Å². The predicted octanol–water partition coefficient (Wildman–Crippen LogP) is 3.36. The summed E-state index contributed by atoms with van der Waals surface area (Å²) in [6.07, 6.45) is 0. The van der Waals surface area contributed by atoms with Gasteiger partial charge in [0.25, 0.3) is 11.5 Å². The van der Waals surface area contributed by atoms with Crippen molar-refractivity contribution in [2.45, 2.75) is 26.8 Å². The minimum absolute atomic E-state index is 0.0570. The lowest BCUT2D eigenvalue weighted by molar-refractivity contribution is 0.0955. The van der Waals surface area contributed by atoms with Crippen LogP contribution in [0.25, 0.3) is 21.8 Å². The Labute approximate surface area is 155 Å². The largest absolute Gasteiger partial charge is 0.350 e. The third-order valence-corrected chi connectivity index (χ3v) is 4.83. The van der Waals surface area contributed by atoms with Crippen LogP contribution in [0.4, 0.5) is 0 Å². The van der Waals surface area contributed by atoms with Gasteiger partial charge in [0.05, 0.1) is 16.6 Å². The fraction of sp³-hybridized carbons (Fsp3) is 0.263. The van der Waals surface area contributed by atoms with Crippen LogP contribution in [0.3, 0.4) is 0 Å². The Morgan fingerprint density at radius 3 is 2.58 bits per heavy atom. The van der Waals surface area contributed by atoms with Crippen LogP contribution in [-0.4, -0.2) is 27.2 Å². The average Bonchev–Trinajstić information content (AvgIpc) is 3.08. The van der Waals surface area contributed by atoms with E-state index in [0.717, 1.165) is 10.4 Å². The Kier molecular flexibility index (Phi) is 5.27. The van der Waals surface area contributed by atoms with E-state index in [1.54, 1.807) is 6.07 Å². The van der Waals surface area contributed by atoms with Crippen molar-refractivity contribution in [3.63, 3.8) is 0 Å². The molecule has 3 aromatic rings. The predicted molar refractivity (Wildman–Crippen MR) is 103 cm³/mol. The minimum atomic E-state index is -0.210. The first-order chi connectivity index (χ1) is 12.5. The van der Waals surface area contributed by atoms with Crippen molar-refractivity contribution < 1.29 is 4.79 Å². The van der Waals surface area contributed by atoms with E-state index in [9.17, 15) is 9.59 Å². The summed E-state index contributed by atoms with van der Waals surface area (Å²) < 4.78 is 1.44. The minimum Gasteiger partial charge on any atom is -0.350 e. The van der Waals surface area contributed by atoms with Crippen LogP contribution in [0.5, 0.6) is 0 Å². The summed E-state index contributed by atoms with van der Waals surface area (Å²) in [5.41, 5.74) is 2.07. The SMILES string of the molecule is CCNC(=O)c1nc(-c2ccccc2)c(-c2ccc(=O)n(C(C)C)n2)s1. The third-order valence-electron chi connectivity index (χ3n) is 3.75. The number of thiazole rings is 1. The second-order valence-corrected chi connectivity index (χ2v) is 7.02. The second-order valence-electron chi connectivity index (χ2n) is 6.02. The number of carbonyl (C=O) groups is 1. The van der Waals surface area contributed by atoms with Gasteiger partial charge in [-0.1, -0.05) is 30.3 Å². The van der Waals surface area contributed by atoms with Gasteiger partial charge in [0.15, 0.2) is 5.01 Å². The topological polar surface area (TPSA) is 76.9 Å².